The van der Waals surface area contributed by atoms with Crippen LogP contribution in [0.3, 0.4) is 0 Å². The minimum absolute atomic E-state index is 0.124. The standard InChI is InChI=1S/C25H32BN3O3/c1-13(2)11-17(30)29-21-18-19(21)20(18)22(29)23-27-12-16(28-23)14-7-9-15(10-8-14)26-31-24(3,4)25(5,6)32-26/h7-10,12-13,18-22H,11H2,1-6H3,(H,27,28)/t18-,19?,20?,21+,22+/m1/s1. The molecular weight excluding hydrogens is 401 g/mol. The van der Waals surface area contributed by atoms with Crippen molar-refractivity contribution in [3.63, 3.8) is 0 Å². The van der Waals surface area contributed by atoms with Gasteiger partial charge in [-0.1, -0.05) is 38.1 Å². The van der Waals surface area contributed by atoms with Crippen molar-refractivity contribution < 1.29 is 14.1 Å². The van der Waals surface area contributed by atoms with E-state index in [1.165, 1.54) is 0 Å². The molecule has 1 aromatic heterocycles. The third-order valence-corrected chi connectivity index (χ3v) is 8.31. The van der Waals surface area contributed by atoms with Crippen LogP contribution in [0.1, 0.15) is 59.8 Å². The van der Waals surface area contributed by atoms with Gasteiger partial charge in [-0.3, -0.25) is 4.79 Å². The van der Waals surface area contributed by atoms with Crippen LogP contribution in [-0.4, -0.2) is 45.1 Å². The lowest BCUT2D eigenvalue weighted by molar-refractivity contribution is -0.133. The molecule has 6 nitrogen and oxygen atoms in total. The highest BCUT2D eigenvalue weighted by Crippen LogP contribution is 2.81. The van der Waals surface area contributed by atoms with Crippen LogP contribution in [0, 0.1) is 23.7 Å². The first-order valence-electron chi connectivity index (χ1n) is 11.9. The molecule has 7 heteroatoms. The zero-order chi connectivity index (χ0) is 22.6. The largest absolute Gasteiger partial charge is 0.494 e. The van der Waals surface area contributed by atoms with E-state index in [9.17, 15) is 4.79 Å². The van der Waals surface area contributed by atoms with Gasteiger partial charge < -0.3 is 19.2 Å². The fourth-order valence-electron chi connectivity index (χ4n) is 5.72. The average molecular weight is 433 g/mol. The summed E-state index contributed by atoms with van der Waals surface area (Å²) in [7, 11) is -0.363. The topological polar surface area (TPSA) is 67.5 Å². The number of hydrogen-bond acceptors (Lipinski definition) is 4. The first kappa shape index (κ1) is 20.5. The molecule has 2 saturated carbocycles. The number of rotatable bonds is 5. The first-order valence-corrected chi connectivity index (χ1v) is 11.9. The summed E-state index contributed by atoms with van der Waals surface area (Å²) < 4.78 is 12.3. The minimum atomic E-state index is -0.363. The van der Waals surface area contributed by atoms with Gasteiger partial charge in [-0.15, -0.1) is 0 Å². The summed E-state index contributed by atoms with van der Waals surface area (Å²) in [6, 6.07) is 8.86. The fraction of sp³-hybridized carbons (Fsp3) is 0.600. The number of imidazole rings is 1. The van der Waals surface area contributed by atoms with E-state index in [4.69, 9.17) is 14.3 Å². The van der Waals surface area contributed by atoms with Gasteiger partial charge in [-0.25, -0.2) is 4.98 Å². The predicted octanol–water partition coefficient (Wildman–Crippen LogP) is 3.55. The summed E-state index contributed by atoms with van der Waals surface area (Å²) >= 11 is 0. The Bertz CT molecular complexity index is 1050. The molecule has 1 N–H and O–H groups in total. The maximum atomic E-state index is 12.9. The summed E-state index contributed by atoms with van der Waals surface area (Å²) in [6.07, 6.45) is 2.59. The Morgan fingerprint density at radius 1 is 1.09 bits per heavy atom. The van der Waals surface area contributed by atoms with E-state index in [0.29, 0.717) is 24.3 Å². The molecule has 0 radical (unpaired) electrons. The van der Waals surface area contributed by atoms with Crippen molar-refractivity contribution in [1.82, 2.24) is 14.9 Å². The molecule has 168 valence electrons. The van der Waals surface area contributed by atoms with Crippen LogP contribution in [0.15, 0.2) is 30.5 Å². The number of aromatic amines is 1. The molecule has 0 spiro atoms. The van der Waals surface area contributed by atoms with Crippen molar-refractivity contribution in [2.45, 2.75) is 71.2 Å². The molecule has 3 aliphatic heterocycles. The monoisotopic (exact) mass is 433 g/mol. The molecule has 1 aromatic carbocycles. The lowest BCUT2D eigenvalue weighted by Gasteiger charge is -2.32. The summed E-state index contributed by atoms with van der Waals surface area (Å²) in [5.41, 5.74) is 2.27. The van der Waals surface area contributed by atoms with E-state index in [-0.39, 0.29) is 30.3 Å². The van der Waals surface area contributed by atoms with E-state index in [0.717, 1.165) is 34.4 Å². The van der Waals surface area contributed by atoms with Gasteiger partial charge in [0.15, 0.2) is 0 Å². The van der Waals surface area contributed by atoms with Crippen LogP contribution in [-0.2, 0) is 14.1 Å². The lowest BCUT2D eigenvalue weighted by Crippen LogP contribution is -2.41. The predicted molar refractivity (Wildman–Crippen MR) is 123 cm³/mol. The summed E-state index contributed by atoms with van der Waals surface area (Å²) in [4.78, 5) is 23.3. The number of fused-ring (bicyclic) bond motifs is 1. The number of carbonyl (C=O) groups excluding carboxylic acids is 1. The van der Waals surface area contributed by atoms with E-state index < -0.39 is 0 Å². The number of piperidine rings is 1. The summed E-state index contributed by atoms with van der Waals surface area (Å²) in [6.45, 7) is 12.5. The van der Waals surface area contributed by atoms with Gasteiger partial charge in [0, 0.05) is 24.2 Å². The molecule has 5 fully saturated rings. The number of carbonyl (C=O) groups is 1. The van der Waals surface area contributed by atoms with Crippen molar-refractivity contribution in [2.75, 3.05) is 0 Å². The van der Waals surface area contributed by atoms with Crippen LogP contribution in [0.4, 0.5) is 0 Å². The number of amides is 1. The molecule has 2 aliphatic carbocycles. The zero-order valence-electron chi connectivity index (χ0n) is 19.8. The maximum Gasteiger partial charge on any atom is 0.494 e. The third kappa shape index (κ3) is 2.86. The number of nitrogens with zero attached hydrogens (tertiary/aromatic N) is 2. The highest BCUT2D eigenvalue weighted by Gasteiger charge is 2.85. The van der Waals surface area contributed by atoms with E-state index in [2.05, 4.69) is 75.7 Å². The number of aromatic nitrogens is 2. The Kier molecular flexibility index (Phi) is 4.15. The summed E-state index contributed by atoms with van der Waals surface area (Å²) in [5.74, 6) is 3.66. The van der Waals surface area contributed by atoms with E-state index in [1.807, 2.05) is 6.20 Å². The van der Waals surface area contributed by atoms with E-state index in [1.54, 1.807) is 0 Å². The molecule has 5 aliphatic rings. The maximum absolute atomic E-state index is 12.9. The Labute approximate surface area is 190 Å². The van der Waals surface area contributed by atoms with Crippen molar-refractivity contribution in [3.05, 3.63) is 36.3 Å². The molecule has 2 unspecified atom stereocenters. The second-order valence-electron chi connectivity index (χ2n) is 11.4. The zero-order valence-corrected chi connectivity index (χ0v) is 19.8. The number of nitrogens with one attached hydrogen (secondary N) is 1. The average Bonchev–Trinajstić information content (AvgIpc) is 3.34. The molecular formula is C25H32BN3O3. The van der Waals surface area contributed by atoms with Gasteiger partial charge in [-0.2, -0.15) is 0 Å². The molecule has 2 aromatic rings. The smallest absolute Gasteiger partial charge is 0.399 e. The van der Waals surface area contributed by atoms with Crippen LogP contribution < -0.4 is 5.46 Å². The number of benzene rings is 1. The van der Waals surface area contributed by atoms with Gasteiger partial charge >= 0.3 is 7.12 Å². The molecule has 7 rings (SSSR count). The molecule has 32 heavy (non-hydrogen) atoms. The Balaban J connectivity index is 1.20. The molecule has 3 saturated heterocycles. The Morgan fingerprint density at radius 2 is 1.72 bits per heavy atom. The van der Waals surface area contributed by atoms with Crippen molar-refractivity contribution >= 4 is 18.5 Å². The number of hydrogen-bond donors (Lipinski definition) is 1. The Hall–Kier alpha value is -2.12. The summed E-state index contributed by atoms with van der Waals surface area (Å²) in [5, 5.41) is 0. The second-order valence-corrected chi connectivity index (χ2v) is 11.4. The van der Waals surface area contributed by atoms with Gasteiger partial charge in [0.2, 0.25) is 5.91 Å². The molecule has 1 amide bonds. The van der Waals surface area contributed by atoms with Gasteiger partial charge in [0.1, 0.15) is 5.82 Å². The Morgan fingerprint density at radius 3 is 2.31 bits per heavy atom. The van der Waals surface area contributed by atoms with E-state index >= 15 is 0 Å². The SMILES string of the molecule is CC(C)CC(=O)N1[C@H](c2nc(-c3ccc(B4OC(C)(C)C(C)(C)O4)cc3)c[nH]2)C2C3[C@H]2[C@@H]31. The van der Waals surface area contributed by atoms with Gasteiger partial charge in [0.25, 0.3) is 0 Å². The third-order valence-electron chi connectivity index (χ3n) is 8.31. The normalized spacial score (nSPS) is 33.0. The van der Waals surface area contributed by atoms with Crippen molar-refractivity contribution in [1.29, 1.82) is 0 Å². The van der Waals surface area contributed by atoms with Crippen LogP contribution >= 0.6 is 0 Å². The second kappa shape index (κ2) is 6.48. The van der Waals surface area contributed by atoms with Crippen molar-refractivity contribution in [3.8, 4) is 11.3 Å². The minimum Gasteiger partial charge on any atom is -0.399 e. The lowest BCUT2D eigenvalue weighted by atomic mass is 9.79. The quantitative estimate of drug-likeness (QED) is 0.733. The van der Waals surface area contributed by atoms with Crippen molar-refractivity contribution in [2.24, 2.45) is 23.7 Å². The molecule has 4 heterocycles. The van der Waals surface area contributed by atoms with Gasteiger partial charge in [0.05, 0.1) is 22.9 Å². The molecule has 2 bridgehead atoms. The van der Waals surface area contributed by atoms with Crippen LogP contribution in [0.2, 0.25) is 0 Å². The number of H-pyrrole nitrogens is 1. The van der Waals surface area contributed by atoms with Crippen LogP contribution in [0.5, 0.6) is 0 Å². The molecule has 5 atom stereocenters. The first-order chi connectivity index (χ1) is 15.1. The highest BCUT2D eigenvalue weighted by molar-refractivity contribution is 6.62. The highest BCUT2D eigenvalue weighted by atomic mass is 16.7. The fourth-order valence-corrected chi connectivity index (χ4v) is 5.72. The van der Waals surface area contributed by atoms with Crippen LogP contribution in [0.25, 0.3) is 11.3 Å². The van der Waals surface area contributed by atoms with Gasteiger partial charge in [-0.05, 0) is 56.8 Å².